The van der Waals surface area contributed by atoms with Crippen molar-refractivity contribution < 1.29 is 9.47 Å². The maximum Gasteiger partial charge on any atom is 0.123 e. The van der Waals surface area contributed by atoms with Crippen molar-refractivity contribution in [1.29, 1.82) is 0 Å². The number of nitrogens with zero attached hydrogens (tertiary/aromatic N) is 3. The summed E-state index contributed by atoms with van der Waals surface area (Å²) in [4.78, 5) is 13.5. The average molecular weight is 319 g/mol. The van der Waals surface area contributed by atoms with E-state index in [2.05, 4.69) is 9.97 Å². The summed E-state index contributed by atoms with van der Waals surface area (Å²) in [6, 6.07) is 15.4. The van der Waals surface area contributed by atoms with Crippen molar-refractivity contribution in [3.05, 3.63) is 60.9 Å². The average Bonchev–Trinajstić information content (AvgIpc) is 3.47. The molecule has 0 radical (unpaired) electrons. The number of hydrogen-bond acceptors (Lipinski definition) is 5. The van der Waals surface area contributed by atoms with Gasteiger partial charge in [-0.25, -0.2) is 4.98 Å². The summed E-state index contributed by atoms with van der Waals surface area (Å²) in [6.45, 7) is 1.47. The number of epoxide rings is 1. The summed E-state index contributed by atoms with van der Waals surface area (Å²) in [5.74, 6) is 0.770. The molecular formula is C19H17N3O2. The van der Waals surface area contributed by atoms with E-state index in [0.717, 1.165) is 41.6 Å². The predicted molar refractivity (Wildman–Crippen MR) is 90.6 cm³/mol. The topological polar surface area (TPSA) is 60.4 Å². The van der Waals surface area contributed by atoms with Crippen LogP contribution in [0.5, 0.6) is 5.75 Å². The van der Waals surface area contributed by atoms with Crippen LogP contribution in [0.25, 0.3) is 22.8 Å². The Morgan fingerprint density at radius 3 is 2.04 bits per heavy atom. The molecule has 1 atom stereocenters. The smallest absolute Gasteiger partial charge is 0.123 e. The van der Waals surface area contributed by atoms with Crippen LogP contribution in [0.1, 0.15) is 6.42 Å². The maximum absolute atomic E-state index is 5.91. The number of ether oxygens (including phenoxy) is 2. The second kappa shape index (κ2) is 6.76. The Bertz CT molecular complexity index is 748. The number of pyridine rings is 3. The summed E-state index contributed by atoms with van der Waals surface area (Å²) in [6.07, 6.45) is 4.78. The molecule has 1 fully saturated rings. The molecule has 0 spiro atoms. The van der Waals surface area contributed by atoms with Gasteiger partial charge in [-0.05, 0) is 24.3 Å². The van der Waals surface area contributed by atoms with Gasteiger partial charge in [0.15, 0.2) is 0 Å². The zero-order valence-corrected chi connectivity index (χ0v) is 13.1. The molecule has 1 unspecified atom stereocenters. The van der Waals surface area contributed by atoms with Crippen LogP contribution < -0.4 is 4.74 Å². The van der Waals surface area contributed by atoms with Crippen molar-refractivity contribution in [2.24, 2.45) is 0 Å². The van der Waals surface area contributed by atoms with E-state index in [4.69, 9.17) is 14.5 Å². The standard InChI is InChI=1S/C19H17N3O2/c1-3-8-20-16(5-1)18-11-15(23-10-7-14-13-24-14)12-19(22-18)17-6-2-4-9-21-17/h1-6,8-9,11-12,14H,7,10,13H2. The van der Waals surface area contributed by atoms with Gasteiger partial charge in [0, 0.05) is 30.9 Å². The first-order valence-electron chi connectivity index (χ1n) is 7.98. The molecule has 5 heteroatoms. The highest BCUT2D eigenvalue weighted by atomic mass is 16.6. The Hall–Kier alpha value is -2.79. The molecule has 0 aromatic carbocycles. The van der Waals surface area contributed by atoms with Gasteiger partial charge in [0.25, 0.3) is 0 Å². The third-order valence-corrected chi connectivity index (χ3v) is 3.76. The molecule has 0 N–H and O–H groups in total. The van der Waals surface area contributed by atoms with Gasteiger partial charge in [-0.3, -0.25) is 9.97 Å². The number of hydrogen-bond donors (Lipinski definition) is 0. The Labute approximate surface area is 140 Å². The van der Waals surface area contributed by atoms with Crippen LogP contribution in [0, 0.1) is 0 Å². The van der Waals surface area contributed by atoms with Crippen molar-refractivity contribution in [1.82, 2.24) is 15.0 Å². The van der Waals surface area contributed by atoms with E-state index in [1.807, 2.05) is 48.5 Å². The zero-order valence-electron chi connectivity index (χ0n) is 13.1. The van der Waals surface area contributed by atoms with Crippen LogP contribution in [0.15, 0.2) is 60.9 Å². The van der Waals surface area contributed by atoms with Gasteiger partial charge in [-0.15, -0.1) is 0 Å². The van der Waals surface area contributed by atoms with Gasteiger partial charge in [0.1, 0.15) is 5.75 Å². The molecule has 3 aromatic heterocycles. The highest BCUT2D eigenvalue weighted by Crippen LogP contribution is 2.27. The molecule has 1 aliphatic heterocycles. The van der Waals surface area contributed by atoms with E-state index in [1.165, 1.54) is 0 Å². The molecule has 0 bridgehead atoms. The van der Waals surface area contributed by atoms with Crippen molar-refractivity contribution in [3.63, 3.8) is 0 Å². The second-order valence-corrected chi connectivity index (χ2v) is 5.60. The summed E-state index contributed by atoms with van der Waals surface area (Å²) in [5, 5.41) is 0. The van der Waals surface area contributed by atoms with Crippen LogP contribution in [-0.4, -0.2) is 34.3 Å². The van der Waals surface area contributed by atoms with E-state index < -0.39 is 0 Å². The Kier molecular flexibility index (Phi) is 4.16. The normalized spacial score (nSPS) is 15.9. The third-order valence-electron chi connectivity index (χ3n) is 3.76. The van der Waals surface area contributed by atoms with Gasteiger partial charge in [-0.2, -0.15) is 0 Å². The van der Waals surface area contributed by atoms with E-state index in [1.54, 1.807) is 12.4 Å². The Balaban J connectivity index is 1.67. The highest BCUT2D eigenvalue weighted by Gasteiger charge is 2.22. The lowest BCUT2D eigenvalue weighted by Crippen LogP contribution is -2.02. The highest BCUT2D eigenvalue weighted by molar-refractivity contribution is 5.64. The summed E-state index contributed by atoms with van der Waals surface area (Å²) >= 11 is 0. The third kappa shape index (κ3) is 3.58. The van der Waals surface area contributed by atoms with Gasteiger partial charge in [0.2, 0.25) is 0 Å². The summed E-state index contributed by atoms with van der Waals surface area (Å²) in [5.41, 5.74) is 3.17. The SMILES string of the molecule is c1ccc(-c2cc(OCCC3CO3)cc(-c3ccccn3)n2)nc1. The van der Waals surface area contributed by atoms with E-state index in [9.17, 15) is 0 Å². The van der Waals surface area contributed by atoms with Gasteiger partial charge >= 0.3 is 0 Å². The minimum absolute atomic E-state index is 0.359. The van der Waals surface area contributed by atoms with Crippen molar-refractivity contribution >= 4 is 0 Å². The lowest BCUT2D eigenvalue weighted by molar-refractivity contribution is 0.283. The van der Waals surface area contributed by atoms with Crippen molar-refractivity contribution in [2.45, 2.75) is 12.5 Å². The molecule has 1 saturated heterocycles. The van der Waals surface area contributed by atoms with Crippen molar-refractivity contribution in [2.75, 3.05) is 13.2 Å². The Morgan fingerprint density at radius 1 is 0.917 bits per heavy atom. The van der Waals surface area contributed by atoms with Crippen molar-refractivity contribution in [3.8, 4) is 28.5 Å². The summed E-state index contributed by atoms with van der Waals surface area (Å²) < 4.78 is 11.1. The molecular weight excluding hydrogens is 302 g/mol. The number of rotatable bonds is 6. The first-order chi connectivity index (χ1) is 11.9. The largest absolute Gasteiger partial charge is 0.493 e. The van der Waals surface area contributed by atoms with Crippen LogP contribution in [-0.2, 0) is 4.74 Å². The fraction of sp³-hybridized carbons (Fsp3) is 0.211. The molecule has 5 nitrogen and oxygen atoms in total. The molecule has 4 heterocycles. The van der Waals surface area contributed by atoms with Gasteiger partial charge < -0.3 is 9.47 Å². The molecule has 4 rings (SSSR count). The zero-order chi connectivity index (χ0) is 16.2. The fourth-order valence-electron chi connectivity index (χ4n) is 2.42. The van der Waals surface area contributed by atoms with E-state index in [0.29, 0.717) is 12.7 Å². The second-order valence-electron chi connectivity index (χ2n) is 5.60. The first kappa shape index (κ1) is 14.8. The predicted octanol–water partition coefficient (Wildman–Crippen LogP) is 3.37. The monoisotopic (exact) mass is 319 g/mol. The fourth-order valence-corrected chi connectivity index (χ4v) is 2.42. The Morgan fingerprint density at radius 2 is 1.54 bits per heavy atom. The lowest BCUT2D eigenvalue weighted by Gasteiger charge is -2.10. The lowest BCUT2D eigenvalue weighted by atomic mass is 10.2. The van der Waals surface area contributed by atoms with Crippen LogP contribution in [0.4, 0.5) is 0 Å². The minimum atomic E-state index is 0.359. The molecule has 3 aromatic rings. The number of aromatic nitrogens is 3. The minimum Gasteiger partial charge on any atom is -0.493 e. The van der Waals surface area contributed by atoms with Gasteiger partial charge in [-0.1, -0.05) is 12.1 Å². The molecule has 1 aliphatic rings. The molecule has 0 saturated carbocycles. The van der Waals surface area contributed by atoms with Crippen LogP contribution in [0.3, 0.4) is 0 Å². The van der Waals surface area contributed by atoms with E-state index >= 15 is 0 Å². The molecule has 120 valence electrons. The molecule has 0 amide bonds. The summed E-state index contributed by atoms with van der Waals surface area (Å²) in [7, 11) is 0. The molecule has 24 heavy (non-hydrogen) atoms. The van der Waals surface area contributed by atoms with Crippen LogP contribution >= 0.6 is 0 Å². The quantitative estimate of drug-likeness (QED) is 0.652. The maximum atomic E-state index is 5.91. The van der Waals surface area contributed by atoms with E-state index in [-0.39, 0.29) is 0 Å². The molecule has 0 aliphatic carbocycles. The van der Waals surface area contributed by atoms with Crippen LogP contribution in [0.2, 0.25) is 0 Å². The van der Waals surface area contributed by atoms with Gasteiger partial charge in [0.05, 0.1) is 42.1 Å². The first-order valence-corrected chi connectivity index (χ1v) is 7.98.